The van der Waals surface area contributed by atoms with Gasteiger partial charge in [0, 0.05) is 6.42 Å². The molecule has 4 heteroatoms. The molecule has 0 aromatic heterocycles. The van der Waals surface area contributed by atoms with E-state index < -0.39 is 12.0 Å². The Hall–Kier alpha value is -1.58. The van der Waals surface area contributed by atoms with Gasteiger partial charge in [-0.05, 0) is 31.6 Å². The van der Waals surface area contributed by atoms with Crippen molar-refractivity contribution in [2.75, 3.05) is 0 Å². The van der Waals surface area contributed by atoms with Crippen LogP contribution >= 0.6 is 0 Å². The van der Waals surface area contributed by atoms with E-state index in [1.54, 1.807) is 0 Å². The predicted octanol–water partition coefficient (Wildman–Crippen LogP) is 3.29. The number of aliphatic carboxylic acids is 1. The van der Waals surface area contributed by atoms with Gasteiger partial charge in [0.1, 0.15) is 6.04 Å². The lowest BCUT2D eigenvalue weighted by atomic mass is 10.0. The molecule has 0 aliphatic rings. The molecule has 0 aliphatic carbocycles. The van der Waals surface area contributed by atoms with Crippen molar-refractivity contribution < 1.29 is 14.7 Å². The number of rotatable bonds is 10. The van der Waals surface area contributed by atoms with Crippen LogP contribution in [-0.2, 0) is 9.59 Å². The second-order valence-electron chi connectivity index (χ2n) is 5.21. The number of carbonyl (C=O) groups excluding carboxylic acids is 1. The van der Waals surface area contributed by atoms with E-state index in [1.807, 2.05) is 26.0 Å². The van der Waals surface area contributed by atoms with Gasteiger partial charge in [-0.15, -0.1) is 0 Å². The summed E-state index contributed by atoms with van der Waals surface area (Å²) in [6, 6.07) is -0.779. The average Bonchev–Trinajstić information content (AvgIpc) is 2.36. The first kappa shape index (κ1) is 18.4. The zero-order chi connectivity index (χ0) is 15.4. The minimum atomic E-state index is -0.965. The number of allylic oxidation sites excluding steroid dienone is 4. The topological polar surface area (TPSA) is 66.4 Å². The van der Waals surface area contributed by atoms with Crippen LogP contribution < -0.4 is 5.32 Å². The Balaban J connectivity index is 3.96. The first-order valence-electron chi connectivity index (χ1n) is 7.29. The zero-order valence-corrected chi connectivity index (χ0v) is 12.8. The van der Waals surface area contributed by atoms with Crippen LogP contribution in [0, 0.1) is 5.92 Å². The number of amides is 1. The van der Waals surface area contributed by atoms with Crippen LogP contribution in [0.15, 0.2) is 24.3 Å². The highest BCUT2D eigenvalue weighted by molar-refractivity contribution is 5.83. The number of hydrogen-bond donors (Lipinski definition) is 2. The molecule has 0 bridgehead atoms. The van der Waals surface area contributed by atoms with Crippen LogP contribution in [0.4, 0.5) is 0 Å². The Kier molecular flexibility index (Phi) is 10.4. The van der Waals surface area contributed by atoms with Gasteiger partial charge in [-0.2, -0.15) is 0 Å². The fraction of sp³-hybridized carbons (Fsp3) is 0.625. The molecule has 1 atom stereocenters. The third kappa shape index (κ3) is 10.4. The molecule has 0 radical (unpaired) electrons. The largest absolute Gasteiger partial charge is 0.480 e. The first-order chi connectivity index (χ1) is 9.47. The third-order valence-electron chi connectivity index (χ3n) is 2.72. The van der Waals surface area contributed by atoms with Gasteiger partial charge in [-0.25, -0.2) is 4.79 Å². The first-order valence-corrected chi connectivity index (χ1v) is 7.29. The minimum Gasteiger partial charge on any atom is -0.480 e. The molecule has 20 heavy (non-hydrogen) atoms. The number of carboxylic acids is 1. The van der Waals surface area contributed by atoms with Crippen LogP contribution in [0.1, 0.15) is 52.9 Å². The van der Waals surface area contributed by atoms with Crippen molar-refractivity contribution >= 4 is 11.9 Å². The number of nitrogens with one attached hydrogen (secondary N) is 1. The highest BCUT2D eigenvalue weighted by atomic mass is 16.4. The lowest BCUT2D eigenvalue weighted by Gasteiger charge is -2.16. The Bertz CT molecular complexity index is 346. The predicted molar refractivity (Wildman–Crippen MR) is 81.4 cm³/mol. The molecular formula is C16H27NO3. The number of carboxylic acid groups (broad SMARTS) is 1. The lowest BCUT2D eigenvalue weighted by Crippen LogP contribution is -2.41. The van der Waals surface area contributed by atoms with E-state index in [9.17, 15) is 9.59 Å². The van der Waals surface area contributed by atoms with E-state index in [-0.39, 0.29) is 11.8 Å². The maximum Gasteiger partial charge on any atom is 0.326 e. The maximum atomic E-state index is 11.7. The van der Waals surface area contributed by atoms with Crippen molar-refractivity contribution in [2.24, 2.45) is 5.92 Å². The molecule has 0 saturated carbocycles. The fourth-order valence-corrected chi connectivity index (χ4v) is 1.73. The Labute approximate surface area is 122 Å². The normalized spacial score (nSPS) is 13.2. The summed E-state index contributed by atoms with van der Waals surface area (Å²) >= 11 is 0. The number of hydrogen-bond acceptors (Lipinski definition) is 2. The summed E-state index contributed by atoms with van der Waals surface area (Å²) in [7, 11) is 0. The SMILES string of the molecule is CC/C=C\C/C=C\CCC(=O)NC(CC(C)C)C(=O)O. The van der Waals surface area contributed by atoms with Gasteiger partial charge in [-0.1, -0.05) is 45.1 Å². The van der Waals surface area contributed by atoms with Crippen molar-refractivity contribution in [3.05, 3.63) is 24.3 Å². The molecule has 0 aliphatic heterocycles. The summed E-state index contributed by atoms with van der Waals surface area (Å²) in [6.07, 6.45) is 11.5. The van der Waals surface area contributed by atoms with Crippen LogP contribution in [0.2, 0.25) is 0 Å². The molecular weight excluding hydrogens is 254 g/mol. The van der Waals surface area contributed by atoms with Gasteiger partial charge >= 0.3 is 5.97 Å². The lowest BCUT2D eigenvalue weighted by molar-refractivity contribution is -0.142. The second-order valence-corrected chi connectivity index (χ2v) is 5.21. The molecule has 0 aromatic carbocycles. The molecule has 0 aromatic rings. The molecule has 0 saturated heterocycles. The minimum absolute atomic E-state index is 0.202. The standard InChI is InChI=1S/C16H27NO3/c1-4-5-6-7-8-9-10-11-15(18)17-14(16(19)20)12-13(2)3/h5-6,8-9,13-14H,4,7,10-12H2,1-3H3,(H,17,18)(H,19,20)/b6-5-,9-8-. The van der Waals surface area contributed by atoms with Crippen molar-refractivity contribution in [2.45, 2.75) is 58.9 Å². The molecule has 1 unspecified atom stereocenters. The summed E-state index contributed by atoms with van der Waals surface area (Å²) < 4.78 is 0. The molecule has 0 fully saturated rings. The van der Waals surface area contributed by atoms with Crippen molar-refractivity contribution in [1.82, 2.24) is 5.32 Å². The Morgan fingerprint density at radius 2 is 1.80 bits per heavy atom. The smallest absolute Gasteiger partial charge is 0.326 e. The molecule has 0 spiro atoms. The number of carbonyl (C=O) groups is 2. The highest BCUT2D eigenvalue weighted by Crippen LogP contribution is 2.05. The van der Waals surface area contributed by atoms with Gasteiger partial charge in [0.25, 0.3) is 0 Å². The van der Waals surface area contributed by atoms with Crippen LogP contribution in [-0.4, -0.2) is 23.0 Å². The van der Waals surface area contributed by atoms with Crippen molar-refractivity contribution in [3.63, 3.8) is 0 Å². The summed E-state index contributed by atoms with van der Waals surface area (Å²) in [5.74, 6) is -0.930. The summed E-state index contributed by atoms with van der Waals surface area (Å²) in [5.41, 5.74) is 0. The van der Waals surface area contributed by atoms with Crippen LogP contribution in [0.25, 0.3) is 0 Å². The summed E-state index contributed by atoms with van der Waals surface area (Å²) in [5, 5.41) is 11.6. The molecule has 1 amide bonds. The van der Waals surface area contributed by atoms with Gasteiger partial charge in [-0.3, -0.25) is 4.79 Å². The molecule has 114 valence electrons. The molecule has 0 heterocycles. The maximum absolute atomic E-state index is 11.7. The van der Waals surface area contributed by atoms with Crippen LogP contribution in [0.5, 0.6) is 0 Å². The fourth-order valence-electron chi connectivity index (χ4n) is 1.73. The summed E-state index contributed by atoms with van der Waals surface area (Å²) in [6.45, 7) is 5.96. The highest BCUT2D eigenvalue weighted by Gasteiger charge is 2.20. The quantitative estimate of drug-likeness (QED) is 0.604. The molecule has 2 N–H and O–H groups in total. The van der Waals surface area contributed by atoms with E-state index in [2.05, 4.69) is 24.4 Å². The zero-order valence-electron chi connectivity index (χ0n) is 12.8. The van der Waals surface area contributed by atoms with E-state index in [4.69, 9.17) is 5.11 Å². The summed E-state index contributed by atoms with van der Waals surface area (Å²) in [4.78, 5) is 22.7. The third-order valence-corrected chi connectivity index (χ3v) is 2.72. The van der Waals surface area contributed by atoms with Gasteiger partial charge in [0.15, 0.2) is 0 Å². The Morgan fingerprint density at radius 3 is 2.35 bits per heavy atom. The van der Waals surface area contributed by atoms with Crippen LogP contribution in [0.3, 0.4) is 0 Å². The van der Waals surface area contributed by atoms with E-state index in [0.29, 0.717) is 19.3 Å². The monoisotopic (exact) mass is 281 g/mol. The van der Waals surface area contributed by atoms with E-state index in [1.165, 1.54) is 0 Å². The van der Waals surface area contributed by atoms with Crippen molar-refractivity contribution in [1.29, 1.82) is 0 Å². The second kappa shape index (κ2) is 11.3. The van der Waals surface area contributed by atoms with E-state index >= 15 is 0 Å². The Morgan fingerprint density at radius 1 is 1.15 bits per heavy atom. The van der Waals surface area contributed by atoms with Gasteiger partial charge in [0.05, 0.1) is 0 Å². The average molecular weight is 281 g/mol. The molecule has 0 rings (SSSR count). The van der Waals surface area contributed by atoms with E-state index in [0.717, 1.165) is 12.8 Å². The van der Waals surface area contributed by atoms with Crippen molar-refractivity contribution in [3.8, 4) is 0 Å². The van der Waals surface area contributed by atoms with Gasteiger partial charge in [0.2, 0.25) is 5.91 Å². The van der Waals surface area contributed by atoms with Gasteiger partial charge < -0.3 is 10.4 Å². The molecule has 4 nitrogen and oxygen atoms in total.